The molecule has 1 saturated heterocycles. The number of rotatable bonds is 5. The third kappa shape index (κ3) is 3.25. The molecule has 1 aromatic carbocycles. The molecule has 1 aliphatic heterocycles. The van der Waals surface area contributed by atoms with E-state index in [1.807, 2.05) is 23.9 Å². The van der Waals surface area contributed by atoms with Crippen molar-refractivity contribution in [1.82, 2.24) is 4.90 Å². The Morgan fingerprint density at radius 3 is 2.74 bits per heavy atom. The summed E-state index contributed by atoms with van der Waals surface area (Å²) in [6, 6.07) is 9.11. The molecule has 0 radical (unpaired) electrons. The zero-order chi connectivity index (χ0) is 13.8. The number of benzene rings is 1. The second-order valence-electron chi connectivity index (χ2n) is 5.23. The predicted octanol–water partition coefficient (Wildman–Crippen LogP) is 2.52. The van der Waals surface area contributed by atoms with E-state index in [9.17, 15) is 0 Å². The van der Waals surface area contributed by atoms with Gasteiger partial charge in [0.1, 0.15) is 5.75 Å². The van der Waals surface area contributed by atoms with Crippen molar-refractivity contribution in [2.45, 2.75) is 31.5 Å². The van der Waals surface area contributed by atoms with Crippen molar-refractivity contribution in [2.75, 3.05) is 25.7 Å². The van der Waals surface area contributed by atoms with Crippen LogP contribution in [0, 0.1) is 0 Å². The van der Waals surface area contributed by atoms with Gasteiger partial charge in [0.25, 0.3) is 0 Å². The van der Waals surface area contributed by atoms with Gasteiger partial charge in [0.2, 0.25) is 0 Å². The molecule has 2 N–H and O–H groups in total. The molecule has 0 amide bonds. The Bertz CT molecular complexity index is 405. The minimum atomic E-state index is 0.0758. The summed E-state index contributed by atoms with van der Waals surface area (Å²) < 4.78 is 5.50. The highest BCUT2D eigenvalue weighted by atomic mass is 32.2. The molecule has 2 rings (SSSR count). The van der Waals surface area contributed by atoms with Crippen LogP contribution in [-0.4, -0.2) is 42.6 Å². The van der Waals surface area contributed by atoms with E-state index in [-0.39, 0.29) is 12.1 Å². The maximum absolute atomic E-state index is 6.26. The van der Waals surface area contributed by atoms with Crippen LogP contribution in [-0.2, 0) is 0 Å². The van der Waals surface area contributed by atoms with Crippen LogP contribution in [0.4, 0.5) is 0 Å². The average Bonchev–Trinajstić information content (AvgIpc) is 2.93. The number of para-hydroxylation sites is 1. The second kappa shape index (κ2) is 6.64. The van der Waals surface area contributed by atoms with Crippen LogP contribution in [0.15, 0.2) is 24.3 Å². The van der Waals surface area contributed by atoms with Crippen molar-refractivity contribution in [3.8, 4) is 5.75 Å². The molecule has 0 aliphatic carbocycles. The number of nitrogens with two attached hydrogens (primary N) is 1. The van der Waals surface area contributed by atoms with E-state index in [2.05, 4.69) is 31.0 Å². The van der Waals surface area contributed by atoms with Crippen molar-refractivity contribution in [3.63, 3.8) is 0 Å². The van der Waals surface area contributed by atoms with E-state index in [0.717, 1.165) is 5.75 Å². The van der Waals surface area contributed by atoms with Crippen LogP contribution >= 0.6 is 11.8 Å². The lowest BCUT2D eigenvalue weighted by molar-refractivity contribution is 0.165. The van der Waals surface area contributed by atoms with Gasteiger partial charge in [-0.1, -0.05) is 18.2 Å². The second-order valence-corrected chi connectivity index (χ2v) is 6.38. The van der Waals surface area contributed by atoms with Gasteiger partial charge in [0, 0.05) is 23.4 Å². The van der Waals surface area contributed by atoms with Crippen LogP contribution in [0.1, 0.15) is 24.9 Å². The Balaban J connectivity index is 2.28. The smallest absolute Gasteiger partial charge is 0.123 e. The quantitative estimate of drug-likeness (QED) is 0.899. The first-order chi connectivity index (χ1) is 9.15. The highest BCUT2D eigenvalue weighted by Crippen LogP contribution is 2.34. The monoisotopic (exact) mass is 280 g/mol. The lowest BCUT2D eigenvalue weighted by atomic mass is 9.97. The molecule has 106 valence electrons. The fraction of sp³-hybridized carbons (Fsp3) is 0.600. The van der Waals surface area contributed by atoms with Crippen LogP contribution in [0.2, 0.25) is 0 Å². The van der Waals surface area contributed by atoms with E-state index >= 15 is 0 Å². The Morgan fingerprint density at radius 2 is 2.16 bits per heavy atom. The number of ether oxygens (including phenoxy) is 1. The maximum atomic E-state index is 6.26. The van der Waals surface area contributed by atoms with Crippen LogP contribution in [0.25, 0.3) is 0 Å². The van der Waals surface area contributed by atoms with Crippen molar-refractivity contribution in [3.05, 3.63) is 29.8 Å². The lowest BCUT2D eigenvalue weighted by Gasteiger charge is -2.36. The highest BCUT2D eigenvalue weighted by molar-refractivity contribution is 7.99. The first-order valence-corrected chi connectivity index (χ1v) is 7.98. The normalized spacial score (nSPS) is 22.5. The van der Waals surface area contributed by atoms with Gasteiger partial charge in [-0.25, -0.2) is 0 Å². The molecule has 1 aliphatic rings. The number of thioether (sulfide) groups is 1. The highest BCUT2D eigenvalue weighted by Gasteiger charge is 2.30. The fourth-order valence-electron chi connectivity index (χ4n) is 2.85. The van der Waals surface area contributed by atoms with Gasteiger partial charge in [-0.05, 0) is 32.2 Å². The van der Waals surface area contributed by atoms with Gasteiger partial charge in [-0.3, -0.25) is 4.90 Å². The molecule has 3 atom stereocenters. The van der Waals surface area contributed by atoms with Crippen LogP contribution < -0.4 is 10.5 Å². The summed E-state index contributed by atoms with van der Waals surface area (Å²) in [6.45, 7) is 2.08. The van der Waals surface area contributed by atoms with Crippen molar-refractivity contribution in [2.24, 2.45) is 5.73 Å². The molecule has 19 heavy (non-hydrogen) atoms. The zero-order valence-electron chi connectivity index (χ0n) is 12.0. The first-order valence-electron chi connectivity index (χ1n) is 6.83. The van der Waals surface area contributed by atoms with Gasteiger partial charge >= 0.3 is 0 Å². The van der Waals surface area contributed by atoms with Crippen LogP contribution in [0.3, 0.4) is 0 Å². The van der Waals surface area contributed by atoms with Gasteiger partial charge < -0.3 is 10.5 Å². The molecule has 1 heterocycles. The zero-order valence-corrected chi connectivity index (χ0v) is 12.8. The molecule has 0 aromatic heterocycles. The molecule has 1 aromatic rings. The lowest BCUT2D eigenvalue weighted by Crippen LogP contribution is -2.43. The number of hydrogen-bond acceptors (Lipinski definition) is 4. The minimum absolute atomic E-state index is 0.0758. The Morgan fingerprint density at radius 1 is 1.42 bits per heavy atom. The molecule has 1 fully saturated rings. The Hall–Kier alpha value is -0.710. The molecule has 0 bridgehead atoms. The summed E-state index contributed by atoms with van der Waals surface area (Å²) in [7, 11) is 3.92. The summed E-state index contributed by atoms with van der Waals surface area (Å²) in [5, 5.41) is 0. The van der Waals surface area contributed by atoms with E-state index in [1.165, 1.54) is 23.5 Å². The summed E-state index contributed by atoms with van der Waals surface area (Å²) in [5.74, 6) is 3.39. The van der Waals surface area contributed by atoms with Crippen molar-refractivity contribution in [1.29, 1.82) is 0 Å². The van der Waals surface area contributed by atoms with E-state index in [1.54, 1.807) is 7.11 Å². The van der Waals surface area contributed by atoms with Gasteiger partial charge in [-0.2, -0.15) is 11.8 Å². The van der Waals surface area contributed by atoms with Gasteiger partial charge in [0.05, 0.1) is 13.2 Å². The average molecular weight is 280 g/mol. The summed E-state index contributed by atoms with van der Waals surface area (Å²) in [6.07, 6.45) is 1.25. The van der Waals surface area contributed by atoms with E-state index in [4.69, 9.17) is 10.5 Å². The van der Waals surface area contributed by atoms with E-state index < -0.39 is 0 Å². The van der Waals surface area contributed by atoms with Crippen LogP contribution in [0.5, 0.6) is 5.75 Å². The topological polar surface area (TPSA) is 38.5 Å². The SMILES string of the molecule is COc1ccccc1C(C(C)N)N(C)C1CCSC1. The minimum Gasteiger partial charge on any atom is -0.496 e. The third-order valence-corrected chi connectivity index (χ3v) is 5.02. The molecular formula is C15H24N2OS. The number of likely N-dealkylation sites (N-methyl/N-ethyl adjacent to an activating group) is 1. The maximum Gasteiger partial charge on any atom is 0.123 e. The summed E-state index contributed by atoms with van der Waals surface area (Å²) in [5.41, 5.74) is 7.45. The first kappa shape index (κ1) is 14.7. The third-order valence-electron chi connectivity index (χ3n) is 3.88. The number of methoxy groups -OCH3 is 1. The Kier molecular flexibility index (Phi) is 5.13. The molecule has 0 saturated carbocycles. The largest absolute Gasteiger partial charge is 0.496 e. The van der Waals surface area contributed by atoms with Crippen molar-refractivity contribution >= 4 is 11.8 Å². The number of nitrogens with zero attached hydrogens (tertiary/aromatic N) is 1. The molecule has 0 spiro atoms. The molecule has 4 heteroatoms. The summed E-state index contributed by atoms with van der Waals surface area (Å²) >= 11 is 2.03. The molecular weight excluding hydrogens is 256 g/mol. The van der Waals surface area contributed by atoms with Crippen molar-refractivity contribution < 1.29 is 4.74 Å². The standard InChI is InChI=1S/C15H24N2OS/c1-11(16)15(17(2)12-8-9-19-10-12)13-6-4-5-7-14(13)18-3/h4-7,11-12,15H,8-10,16H2,1-3H3. The van der Waals surface area contributed by atoms with Gasteiger partial charge in [0.15, 0.2) is 0 Å². The fourth-order valence-corrected chi connectivity index (χ4v) is 4.13. The predicted molar refractivity (Wildman–Crippen MR) is 82.9 cm³/mol. The summed E-state index contributed by atoms with van der Waals surface area (Å²) in [4.78, 5) is 2.43. The number of hydrogen-bond donors (Lipinski definition) is 1. The molecule has 3 unspecified atom stereocenters. The molecule has 3 nitrogen and oxygen atoms in total. The van der Waals surface area contributed by atoms with E-state index in [0.29, 0.717) is 6.04 Å². The Labute approximate surface area is 120 Å². The van der Waals surface area contributed by atoms with Gasteiger partial charge in [-0.15, -0.1) is 0 Å².